The Hall–Kier alpha value is -0.120. The number of hydrogen-bond donors (Lipinski definition) is 2. The van der Waals surface area contributed by atoms with E-state index in [0.29, 0.717) is 6.61 Å². The maximum atomic E-state index is 5.39. The second kappa shape index (κ2) is 4.70. The summed E-state index contributed by atoms with van der Waals surface area (Å²) < 4.78 is 5.04. The summed E-state index contributed by atoms with van der Waals surface area (Å²) in [5, 5.41) is 0. The number of hydrazine groups is 1. The highest BCUT2D eigenvalue weighted by Crippen LogP contribution is 2.24. The van der Waals surface area contributed by atoms with E-state index in [1.165, 1.54) is 0 Å². The lowest BCUT2D eigenvalue weighted by Crippen LogP contribution is -2.48. The number of nitrogens with two attached hydrogens (primary N) is 1. The minimum Gasteiger partial charge on any atom is -0.383 e. The summed E-state index contributed by atoms with van der Waals surface area (Å²) in [5.74, 6) is 5.39. The molecule has 0 radical (unpaired) electrons. The van der Waals surface area contributed by atoms with Crippen LogP contribution in [0.15, 0.2) is 0 Å². The van der Waals surface area contributed by atoms with Crippen molar-refractivity contribution in [2.24, 2.45) is 11.3 Å². The summed E-state index contributed by atoms with van der Waals surface area (Å²) in [7, 11) is 1.69. The molecule has 1 atom stereocenters. The van der Waals surface area contributed by atoms with E-state index in [1.807, 2.05) is 0 Å². The first-order chi connectivity index (χ1) is 5.08. The number of methoxy groups -OCH3 is 1. The predicted molar refractivity (Wildman–Crippen MR) is 47.1 cm³/mol. The van der Waals surface area contributed by atoms with Gasteiger partial charge in [0.2, 0.25) is 0 Å². The zero-order chi connectivity index (χ0) is 8.91. The molecular weight excluding hydrogens is 140 g/mol. The molecule has 0 bridgehead atoms. The third-order valence-corrected chi connectivity index (χ3v) is 2.39. The number of nitrogens with one attached hydrogen (secondary N) is 1. The largest absolute Gasteiger partial charge is 0.383 e. The maximum absolute atomic E-state index is 5.39. The molecule has 0 saturated carbocycles. The normalized spacial score (nSPS) is 15.0. The van der Waals surface area contributed by atoms with Crippen LogP contribution < -0.4 is 11.3 Å². The lowest BCUT2D eigenvalue weighted by Gasteiger charge is -2.32. The molecule has 0 aromatic heterocycles. The van der Waals surface area contributed by atoms with Crippen molar-refractivity contribution in [3.63, 3.8) is 0 Å². The van der Waals surface area contributed by atoms with Crippen LogP contribution >= 0.6 is 0 Å². The number of rotatable bonds is 5. The molecule has 0 fully saturated rings. The lowest BCUT2D eigenvalue weighted by molar-refractivity contribution is 0.103. The van der Waals surface area contributed by atoms with E-state index in [-0.39, 0.29) is 11.5 Å². The van der Waals surface area contributed by atoms with E-state index in [4.69, 9.17) is 10.6 Å². The third kappa shape index (κ3) is 3.18. The molecule has 0 aromatic rings. The Morgan fingerprint density at radius 1 is 1.55 bits per heavy atom. The molecule has 0 aliphatic rings. The Kier molecular flexibility index (Phi) is 4.65. The van der Waals surface area contributed by atoms with Crippen LogP contribution in [0, 0.1) is 5.41 Å². The summed E-state index contributed by atoms with van der Waals surface area (Å²) >= 11 is 0. The van der Waals surface area contributed by atoms with E-state index >= 15 is 0 Å². The van der Waals surface area contributed by atoms with E-state index in [2.05, 4.69) is 26.2 Å². The lowest BCUT2D eigenvalue weighted by atomic mass is 9.82. The molecule has 11 heavy (non-hydrogen) atoms. The highest BCUT2D eigenvalue weighted by atomic mass is 16.5. The van der Waals surface area contributed by atoms with Crippen LogP contribution in [0.4, 0.5) is 0 Å². The molecule has 1 unspecified atom stereocenters. The van der Waals surface area contributed by atoms with Crippen molar-refractivity contribution in [1.82, 2.24) is 5.43 Å². The van der Waals surface area contributed by atoms with Crippen molar-refractivity contribution < 1.29 is 4.74 Å². The number of hydrogen-bond acceptors (Lipinski definition) is 3. The van der Waals surface area contributed by atoms with Crippen LogP contribution in [0.2, 0.25) is 0 Å². The first-order valence-electron chi connectivity index (χ1n) is 4.03. The summed E-state index contributed by atoms with van der Waals surface area (Å²) in [6.07, 6.45) is 1.09. The molecular formula is C8H20N2O. The first kappa shape index (κ1) is 10.9. The SMILES string of the molecule is CCC(C)(C)C(COC)NN. The van der Waals surface area contributed by atoms with Crippen molar-refractivity contribution in [2.45, 2.75) is 33.2 Å². The van der Waals surface area contributed by atoms with E-state index in [0.717, 1.165) is 6.42 Å². The molecule has 0 saturated heterocycles. The van der Waals surface area contributed by atoms with Crippen molar-refractivity contribution in [1.29, 1.82) is 0 Å². The Morgan fingerprint density at radius 2 is 2.09 bits per heavy atom. The van der Waals surface area contributed by atoms with Gasteiger partial charge in [-0.25, -0.2) is 0 Å². The standard InChI is InChI=1S/C8H20N2O/c1-5-8(2,3)7(10-9)6-11-4/h7,10H,5-6,9H2,1-4H3. The minimum absolute atomic E-state index is 0.199. The van der Waals surface area contributed by atoms with Crippen LogP contribution in [0.25, 0.3) is 0 Å². The van der Waals surface area contributed by atoms with E-state index < -0.39 is 0 Å². The molecule has 0 aromatic carbocycles. The average Bonchev–Trinajstić information content (AvgIpc) is 2.00. The molecule has 3 N–H and O–H groups in total. The maximum Gasteiger partial charge on any atom is 0.0634 e. The van der Waals surface area contributed by atoms with E-state index in [9.17, 15) is 0 Å². The first-order valence-corrected chi connectivity index (χ1v) is 4.03. The third-order valence-electron chi connectivity index (χ3n) is 2.39. The van der Waals surface area contributed by atoms with Crippen LogP contribution in [0.1, 0.15) is 27.2 Å². The number of ether oxygens (including phenoxy) is 1. The quantitative estimate of drug-likeness (QED) is 0.464. The fourth-order valence-electron chi connectivity index (χ4n) is 0.912. The minimum atomic E-state index is 0.199. The zero-order valence-corrected chi connectivity index (χ0v) is 7.98. The molecule has 0 spiro atoms. The highest BCUT2D eigenvalue weighted by molar-refractivity contribution is 4.80. The van der Waals surface area contributed by atoms with Crippen LogP contribution in [0.5, 0.6) is 0 Å². The van der Waals surface area contributed by atoms with Crippen LogP contribution in [-0.2, 0) is 4.74 Å². The van der Waals surface area contributed by atoms with Gasteiger partial charge in [-0.2, -0.15) is 0 Å². The van der Waals surface area contributed by atoms with Gasteiger partial charge in [0, 0.05) is 13.2 Å². The fraction of sp³-hybridized carbons (Fsp3) is 1.00. The molecule has 0 amide bonds. The molecule has 0 aliphatic heterocycles. The fourth-order valence-corrected chi connectivity index (χ4v) is 0.912. The summed E-state index contributed by atoms with van der Waals surface area (Å²) in [5.41, 5.74) is 2.97. The Balaban J connectivity index is 3.99. The molecule has 0 rings (SSSR count). The Labute approximate surface area is 69.3 Å². The van der Waals surface area contributed by atoms with Gasteiger partial charge in [0.05, 0.1) is 6.61 Å². The zero-order valence-electron chi connectivity index (χ0n) is 7.98. The smallest absolute Gasteiger partial charge is 0.0634 e. The van der Waals surface area contributed by atoms with Crippen molar-refractivity contribution in [2.75, 3.05) is 13.7 Å². The van der Waals surface area contributed by atoms with Crippen molar-refractivity contribution in [3.8, 4) is 0 Å². The molecule has 0 heterocycles. The van der Waals surface area contributed by atoms with Crippen LogP contribution in [-0.4, -0.2) is 19.8 Å². The van der Waals surface area contributed by atoms with Crippen molar-refractivity contribution in [3.05, 3.63) is 0 Å². The van der Waals surface area contributed by atoms with Gasteiger partial charge in [-0.3, -0.25) is 11.3 Å². The van der Waals surface area contributed by atoms with Gasteiger partial charge in [0.25, 0.3) is 0 Å². The van der Waals surface area contributed by atoms with Crippen LogP contribution in [0.3, 0.4) is 0 Å². The van der Waals surface area contributed by atoms with Crippen molar-refractivity contribution >= 4 is 0 Å². The van der Waals surface area contributed by atoms with Gasteiger partial charge in [-0.15, -0.1) is 0 Å². The molecule has 3 nitrogen and oxygen atoms in total. The molecule has 68 valence electrons. The highest BCUT2D eigenvalue weighted by Gasteiger charge is 2.26. The van der Waals surface area contributed by atoms with Gasteiger partial charge in [0.15, 0.2) is 0 Å². The predicted octanol–water partition coefficient (Wildman–Crippen LogP) is 0.901. The monoisotopic (exact) mass is 160 g/mol. The second-order valence-corrected chi connectivity index (χ2v) is 3.52. The van der Waals surface area contributed by atoms with Gasteiger partial charge in [-0.05, 0) is 11.8 Å². The van der Waals surface area contributed by atoms with Gasteiger partial charge >= 0.3 is 0 Å². The molecule has 3 heteroatoms. The second-order valence-electron chi connectivity index (χ2n) is 3.52. The Morgan fingerprint density at radius 3 is 2.36 bits per heavy atom. The summed E-state index contributed by atoms with van der Waals surface area (Å²) in [6, 6.07) is 0.234. The average molecular weight is 160 g/mol. The van der Waals surface area contributed by atoms with Gasteiger partial charge < -0.3 is 4.74 Å². The Bertz CT molecular complexity index is 104. The van der Waals surface area contributed by atoms with Gasteiger partial charge in [0.1, 0.15) is 0 Å². The summed E-state index contributed by atoms with van der Waals surface area (Å²) in [4.78, 5) is 0. The molecule has 0 aliphatic carbocycles. The topological polar surface area (TPSA) is 47.3 Å². The van der Waals surface area contributed by atoms with Gasteiger partial charge in [-0.1, -0.05) is 20.8 Å². The summed E-state index contributed by atoms with van der Waals surface area (Å²) in [6.45, 7) is 7.17. The van der Waals surface area contributed by atoms with E-state index in [1.54, 1.807) is 7.11 Å².